The number of thioether (sulfide) groups is 1. The van der Waals surface area contributed by atoms with Crippen molar-refractivity contribution < 1.29 is 14.0 Å². The van der Waals surface area contributed by atoms with Crippen molar-refractivity contribution in [2.75, 3.05) is 5.75 Å². The van der Waals surface area contributed by atoms with Crippen LogP contribution in [0.4, 0.5) is 4.39 Å². The van der Waals surface area contributed by atoms with Crippen LogP contribution in [0.25, 0.3) is 0 Å². The molecule has 0 radical (unpaired) electrons. The van der Waals surface area contributed by atoms with Crippen molar-refractivity contribution in [2.45, 2.75) is 69.8 Å². The number of nitrogens with zero attached hydrogens (tertiary/aromatic N) is 1. The quantitative estimate of drug-likeness (QED) is 0.839. The lowest BCUT2D eigenvalue weighted by molar-refractivity contribution is -0.126. The summed E-state index contributed by atoms with van der Waals surface area (Å²) in [7, 11) is 0. The fourth-order valence-corrected chi connectivity index (χ4v) is 5.63. The number of rotatable bonds is 3. The maximum atomic E-state index is 13.7. The predicted octanol–water partition coefficient (Wildman–Crippen LogP) is 4.20. The maximum absolute atomic E-state index is 13.7. The summed E-state index contributed by atoms with van der Waals surface area (Å²) in [5.74, 6) is 0.179. The maximum Gasteiger partial charge on any atom is 0.255 e. The number of hydrogen-bond donors (Lipinski definition) is 1. The Labute approximate surface area is 165 Å². The Morgan fingerprint density at radius 3 is 2.52 bits per heavy atom. The SMILES string of the molecule is CC(C)(C)NC(=O)[C@H]1CS[C@@H](C2CCCCC2)N1C(=O)c1cccc(F)c1. The summed E-state index contributed by atoms with van der Waals surface area (Å²) >= 11 is 1.70. The van der Waals surface area contributed by atoms with Gasteiger partial charge in [-0.05, 0) is 57.7 Å². The largest absolute Gasteiger partial charge is 0.350 e. The Morgan fingerprint density at radius 2 is 1.89 bits per heavy atom. The minimum atomic E-state index is -0.517. The van der Waals surface area contributed by atoms with E-state index >= 15 is 0 Å². The molecule has 1 saturated heterocycles. The minimum Gasteiger partial charge on any atom is -0.350 e. The zero-order valence-electron chi connectivity index (χ0n) is 16.3. The number of benzene rings is 1. The highest BCUT2D eigenvalue weighted by Crippen LogP contribution is 2.41. The molecule has 2 atom stereocenters. The predicted molar refractivity (Wildman–Crippen MR) is 107 cm³/mol. The van der Waals surface area contributed by atoms with Gasteiger partial charge in [0.15, 0.2) is 0 Å². The normalized spacial score (nSPS) is 24.1. The second-order valence-electron chi connectivity index (χ2n) is 8.60. The molecule has 1 saturated carbocycles. The first kappa shape index (κ1) is 20.2. The van der Waals surface area contributed by atoms with Crippen molar-refractivity contribution in [1.82, 2.24) is 10.2 Å². The molecule has 1 aliphatic carbocycles. The molecule has 0 unspecified atom stereocenters. The third kappa shape index (κ3) is 4.84. The number of nitrogens with one attached hydrogen (secondary N) is 1. The Hall–Kier alpha value is -1.56. The fraction of sp³-hybridized carbons (Fsp3) is 0.619. The van der Waals surface area contributed by atoms with E-state index in [0.717, 1.165) is 12.8 Å². The first-order chi connectivity index (χ1) is 12.8. The number of hydrogen-bond acceptors (Lipinski definition) is 3. The lowest BCUT2D eigenvalue weighted by Crippen LogP contribution is -2.54. The Bertz CT molecular complexity index is 698. The molecule has 2 aliphatic rings. The van der Waals surface area contributed by atoms with E-state index in [2.05, 4.69) is 5.32 Å². The molecule has 1 aromatic carbocycles. The highest BCUT2D eigenvalue weighted by Gasteiger charge is 2.45. The van der Waals surface area contributed by atoms with Gasteiger partial charge < -0.3 is 10.2 Å². The van der Waals surface area contributed by atoms with E-state index in [-0.39, 0.29) is 22.7 Å². The van der Waals surface area contributed by atoms with Gasteiger partial charge in [0, 0.05) is 16.9 Å². The van der Waals surface area contributed by atoms with Gasteiger partial charge in [-0.1, -0.05) is 25.3 Å². The summed E-state index contributed by atoms with van der Waals surface area (Å²) in [5.41, 5.74) is -0.0509. The van der Waals surface area contributed by atoms with Crippen molar-refractivity contribution in [2.24, 2.45) is 5.92 Å². The molecule has 4 nitrogen and oxygen atoms in total. The Kier molecular flexibility index (Phi) is 6.14. The summed E-state index contributed by atoms with van der Waals surface area (Å²) in [6.07, 6.45) is 5.74. The highest BCUT2D eigenvalue weighted by molar-refractivity contribution is 8.00. The first-order valence-corrected chi connectivity index (χ1v) is 10.8. The van der Waals surface area contributed by atoms with Gasteiger partial charge in [0.05, 0.1) is 5.37 Å². The van der Waals surface area contributed by atoms with Gasteiger partial charge in [0.25, 0.3) is 5.91 Å². The van der Waals surface area contributed by atoms with Crippen LogP contribution in [-0.4, -0.2) is 39.4 Å². The zero-order chi connectivity index (χ0) is 19.6. The van der Waals surface area contributed by atoms with Crippen molar-refractivity contribution in [1.29, 1.82) is 0 Å². The molecule has 0 aromatic heterocycles. The van der Waals surface area contributed by atoms with Gasteiger partial charge in [-0.3, -0.25) is 9.59 Å². The average molecular weight is 393 g/mol. The van der Waals surface area contributed by atoms with E-state index < -0.39 is 11.9 Å². The van der Waals surface area contributed by atoms with Crippen molar-refractivity contribution in [3.8, 4) is 0 Å². The number of amides is 2. The molecule has 148 valence electrons. The van der Waals surface area contributed by atoms with Gasteiger partial charge in [0.2, 0.25) is 5.91 Å². The van der Waals surface area contributed by atoms with Crippen LogP contribution < -0.4 is 5.32 Å². The van der Waals surface area contributed by atoms with Crippen LogP contribution in [0.3, 0.4) is 0 Å². The lowest BCUT2D eigenvalue weighted by Gasteiger charge is -2.36. The molecule has 2 fully saturated rings. The molecule has 1 heterocycles. The molecule has 3 rings (SSSR count). The molecule has 6 heteroatoms. The minimum absolute atomic E-state index is 0.0169. The number of halogens is 1. The summed E-state index contributed by atoms with van der Waals surface area (Å²) < 4.78 is 13.7. The van der Waals surface area contributed by atoms with Gasteiger partial charge in [-0.15, -0.1) is 11.8 Å². The topological polar surface area (TPSA) is 49.4 Å². The van der Waals surface area contributed by atoms with Gasteiger partial charge >= 0.3 is 0 Å². The second-order valence-corrected chi connectivity index (χ2v) is 9.75. The zero-order valence-corrected chi connectivity index (χ0v) is 17.2. The molecular weight excluding hydrogens is 363 g/mol. The second kappa shape index (κ2) is 8.21. The third-order valence-corrected chi connectivity index (χ3v) is 6.66. The summed E-state index contributed by atoms with van der Waals surface area (Å²) in [6.45, 7) is 5.80. The lowest BCUT2D eigenvalue weighted by atomic mass is 9.88. The van der Waals surface area contributed by atoms with Gasteiger partial charge in [-0.2, -0.15) is 0 Å². The van der Waals surface area contributed by atoms with Crippen molar-refractivity contribution in [3.05, 3.63) is 35.6 Å². The van der Waals surface area contributed by atoms with E-state index in [1.807, 2.05) is 20.8 Å². The summed E-state index contributed by atoms with van der Waals surface area (Å²) in [5, 5.41) is 3.00. The average Bonchev–Trinajstić information content (AvgIpc) is 3.05. The van der Waals surface area contributed by atoms with Crippen molar-refractivity contribution in [3.63, 3.8) is 0 Å². The van der Waals surface area contributed by atoms with E-state index in [1.54, 1.807) is 28.8 Å². The van der Waals surface area contributed by atoms with Crippen LogP contribution in [0, 0.1) is 11.7 Å². The molecular formula is C21H29FN2O2S. The summed E-state index contributed by atoms with van der Waals surface area (Å²) in [6, 6.07) is 5.26. The standard InChI is InChI=1S/C21H29FN2O2S/c1-21(2,3)23-18(25)17-13-27-20(14-8-5-4-6-9-14)24(17)19(26)15-10-7-11-16(22)12-15/h7,10-12,14,17,20H,4-6,8-9,13H2,1-3H3,(H,23,25)/t17-,20+/m1/s1. The van der Waals surface area contributed by atoms with Crippen LogP contribution in [0.1, 0.15) is 63.2 Å². The van der Waals surface area contributed by atoms with Crippen LogP contribution >= 0.6 is 11.8 Å². The van der Waals surface area contributed by atoms with Crippen LogP contribution in [0.15, 0.2) is 24.3 Å². The van der Waals surface area contributed by atoms with E-state index in [4.69, 9.17) is 0 Å². The Balaban J connectivity index is 1.89. The summed E-state index contributed by atoms with van der Waals surface area (Å²) in [4.78, 5) is 27.9. The van der Waals surface area contributed by atoms with Gasteiger partial charge in [-0.25, -0.2) is 4.39 Å². The van der Waals surface area contributed by atoms with Crippen LogP contribution in [0.5, 0.6) is 0 Å². The third-order valence-electron chi connectivity index (χ3n) is 5.19. The number of carbonyl (C=O) groups excluding carboxylic acids is 2. The smallest absolute Gasteiger partial charge is 0.255 e. The van der Waals surface area contributed by atoms with Gasteiger partial charge in [0.1, 0.15) is 11.9 Å². The fourth-order valence-electron chi connectivity index (χ4n) is 3.99. The molecule has 1 N–H and O–H groups in total. The highest BCUT2D eigenvalue weighted by atomic mass is 32.2. The molecule has 2 amide bonds. The molecule has 1 aliphatic heterocycles. The number of carbonyl (C=O) groups is 2. The van der Waals surface area contributed by atoms with Crippen LogP contribution in [-0.2, 0) is 4.79 Å². The molecule has 1 aromatic rings. The molecule has 0 bridgehead atoms. The molecule has 27 heavy (non-hydrogen) atoms. The van der Waals surface area contributed by atoms with Crippen LogP contribution in [0.2, 0.25) is 0 Å². The Morgan fingerprint density at radius 1 is 1.19 bits per heavy atom. The van der Waals surface area contributed by atoms with E-state index in [9.17, 15) is 14.0 Å². The van der Waals surface area contributed by atoms with E-state index in [0.29, 0.717) is 17.2 Å². The molecule has 0 spiro atoms. The monoisotopic (exact) mass is 392 g/mol. The van der Waals surface area contributed by atoms with Crippen molar-refractivity contribution >= 4 is 23.6 Å². The van der Waals surface area contributed by atoms with E-state index in [1.165, 1.54) is 31.4 Å². The first-order valence-electron chi connectivity index (χ1n) is 9.78.